The number of nitriles is 1. The number of hydrogen-bond acceptors (Lipinski definition) is 5. The maximum atomic E-state index is 13.8. The Balaban J connectivity index is 1.62. The third-order valence-corrected chi connectivity index (χ3v) is 11.0. The maximum Gasteiger partial charge on any atom is 0.268 e. The first kappa shape index (κ1) is 29.5. The van der Waals surface area contributed by atoms with Crippen molar-refractivity contribution in [2.24, 2.45) is 0 Å². The number of aromatic nitrogens is 3. The molecule has 42 heavy (non-hydrogen) atoms. The van der Waals surface area contributed by atoms with Crippen LogP contribution in [0.15, 0.2) is 72.3 Å². The lowest BCUT2D eigenvalue weighted by molar-refractivity contribution is 0.0881. The van der Waals surface area contributed by atoms with Gasteiger partial charge in [-0.25, -0.2) is 17.4 Å². The number of benzene rings is 3. The van der Waals surface area contributed by atoms with Gasteiger partial charge < -0.3 is 9.30 Å². The molecular weight excluding hydrogens is 561 g/mol. The molecule has 0 spiro atoms. The molecule has 5 aromatic rings. The van der Waals surface area contributed by atoms with E-state index in [9.17, 15) is 13.7 Å². The van der Waals surface area contributed by atoms with Gasteiger partial charge in [-0.2, -0.15) is 5.26 Å². The van der Waals surface area contributed by atoms with E-state index in [1.165, 1.54) is 3.97 Å². The second-order valence-electron chi connectivity index (χ2n) is 12.0. The fraction of sp³-hybridized carbons (Fsp3) is 0.273. The zero-order valence-electron chi connectivity index (χ0n) is 24.8. The molecule has 0 saturated carbocycles. The van der Waals surface area contributed by atoms with Crippen LogP contribution in [0.4, 0.5) is 0 Å². The van der Waals surface area contributed by atoms with Gasteiger partial charge in [-0.1, -0.05) is 50.0 Å². The van der Waals surface area contributed by atoms with Crippen molar-refractivity contribution in [1.29, 1.82) is 5.26 Å². The summed E-state index contributed by atoms with van der Waals surface area (Å²) in [6, 6.07) is 19.5. The molecule has 2 aromatic heterocycles. The fourth-order valence-corrected chi connectivity index (χ4v) is 7.31. The molecule has 0 atom stereocenters. The average Bonchev–Trinajstić information content (AvgIpc) is 3.54. The molecule has 5 rings (SSSR count). The number of nitrogens with zero attached hydrogens (tertiary/aromatic N) is 4. The molecule has 0 aliphatic rings. The van der Waals surface area contributed by atoms with E-state index in [2.05, 4.69) is 36.9 Å². The van der Waals surface area contributed by atoms with Gasteiger partial charge in [0.1, 0.15) is 12.6 Å². The van der Waals surface area contributed by atoms with E-state index in [0.29, 0.717) is 30.8 Å². The Kier molecular flexibility index (Phi) is 7.99. The predicted molar refractivity (Wildman–Crippen MR) is 172 cm³/mol. The van der Waals surface area contributed by atoms with Crippen LogP contribution < -0.4 is 0 Å². The predicted octanol–water partition coefficient (Wildman–Crippen LogP) is 7.26. The highest BCUT2D eigenvalue weighted by Gasteiger charge is 2.23. The molecule has 0 N–H and O–H groups in total. The summed E-state index contributed by atoms with van der Waals surface area (Å²) in [5.74, 6) is 0.790. The summed E-state index contributed by atoms with van der Waals surface area (Å²) in [6.07, 6.45) is 3.78. The maximum absolute atomic E-state index is 13.8. The highest BCUT2D eigenvalue weighted by atomic mass is 32.2. The van der Waals surface area contributed by atoms with Crippen LogP contribution in [0.1, 0.15) is 33.6 Å². The van der Waals surface area contributed by atoms with Crippen LogP contribution in [0.5, 0.6) is 0 Å². The zero-order chi connectivity index (χ0) is 30.2. The summed E-state index contributed by atoms with van der Waals surface area (Å²) in [5.41, 5.74) is 6.49. The van der Waals surface area contributed by atoms with Gasteiger partial charge in [0.05, 0.1) is 33.1 Å². The molecule has 7 nitrogen and oxygen atoms in total. The van der Waals surface area contributed by atoms with E-state index >= 15 is 0 Å². The molecule has 0 amide bonds. The minimum Gasteiger partial charge on any atom is -0.361 e. The number of hydrogen-bond donors (Lipinski definition) is 0. The molecule has 2 heterocycles. The Bertz CT molecular complexity index is 1960. The van der Waals surface area contributed by atoms with E-state index in [-0.39, 0.29) is 4.90 Å². The topological polar surface area (TPSA) is 89.9 Å². The molecular formula is C33H36N4O3SSi. The molecule has 0 unspecified atom stereocenters. The van der Waals surface area contributed by atoms with Crippen LogP contribution in [-0.2, 0) is 27.9 Å². The zero-order valence-corrected chi connectivity index (χ0v) is 26.6. The summed E-state index contributed by atoms with van der Waals surface area (Å²) in [7, 11) is -5.09. The third-order valence-electron chi connectivity index (χ3n) is 7.60. The molecule has 0 radical (unpaired) electrons. The van der Waals surface area contributed by atoms with Gasteiger partial charge in [0.2, 0.25) is 0 Å². The SMILES string of the molecule is C=Cc1cc(C)c(Cc2nc3cc(C#N)ccc3n2COCC[Si](C)(C)C)c2ccn(S(=O)(=O)c3ccc(C)cc3)c12. The van der Waals surface area contributed by atoms with Crippen molar-refractivity contribution in [1.82, 2.24) is 13.5 Å². The molecule has 9 heteroatoms. The van der Waals surface area contributed by atoms with Crippen LogP contribution in [0.3, 0.4) is 0 Å². The van der Waals surface area contributed by atoms with Gasteiger partial charge in [0.25, 0.3) is 10.0 Å². The van der Waals surface area contributed by atoms with Crippen LogP contribution in [-0.4, -0.2) is 36.6 Å². The third kappa shape index (κ3) is 5.70. The van der Waals surface area contributed by atoms with E-state index < -0.39 is 18.1 Å². The molecule has 216 valence electrons. The van der Waals surface area contributed by atoms with Gasteiger partial charge >= 0.3 is 0 Å². The van der Waals surface area contributed by atoms with Gasteiger partial charge in [-0.15, -0.1) is 0 Å². The van der Waals surface area contributed by atoms with E-state index in [1.807, 2.05) is 32.0 Å². The summed E-state index contributed by atoms with van der Waals surface area (Å²) < 4.78 is 37.1. The molecule has 0 saturated heterocycles. The first-order valence-corrected chi connectivity index (χ1v) is 19.1. The Hall–Kier alpha value is -3.97. The van der Waals surface area contributed by atoms with E-state index in [0.717, 1.165) is 50.5 Å². The highest BCUT2D eigenvalue weighted by molar-refractivity contribution is 7.90. The molecule has 0 fully saturated rings. The Morgan fingerprint density at radius 1 is 1.07 bits per heavy atom. The van der Waals surface area contributed by atoms with Crippen molar-refractivity contribution in [3.63, 3.8) is 0 Å². The quantitative estimate of drug-likeness (QED) is 0.125. The lowest BCUT2D eigenvalue weighted by atomic mass is 9.97. The largest absolute Gasteiger partial charge is 0.361 e. The van der Waals surface area contributed by atoms with Crippen molar-refractivity contribution >= 4 is 46.1 Å². The number of fused-ring (bicyclic) bond motifs is 2. The fourth-order valence-electron chi connectivity index (χ4n) is 5.18. The normalized spacial score (nSPS) is 12.2. The Morgan fingerprint density at radius 2 is 1.81 bits per heavy atom. The second-order valence-corrected chi connectivity index (χ2v) is 19.4. The second kappa shape index (κ2) is 11.4. The van der Waals surface area contributed by atoms with Gasteiger partial charge in [-0.05, 0) is 79.0 Å². The van der Waals surface area contributed by atoms with E-state index in [4.69, 9.17) is 9.72 Å². The molecule has 0 bridgehead atoms. The first-order valence-electron chi connectivity index (χ1n) is 14.0. The van der Waals surface area contributed by atoms with Crippen molar-refractivity contribution in [2.75, 3.05) is 6.61 Å². The van der Waals surface area contributed by atoms with Gasteiger partial charge in [0.15, 0.2) is 0 Å². The monoisotopic (exact) mass is 596 g/mol. The minimum atomic E-state index is -3.84. The van der Waals surface area contributed by atoms with Crippen molar-refractivity contribution < 1.29 is 13.2 Å². The lowest BCUT2D eigenvalue weighted by Crippen LogP contribution is -2.22. The molecule has 0 aliphatic carbocycles. The van der Waals surface area contributed by atoms with Crippen molar-refractivity contribution in [3.05, 3.63) is 101 Å². The minimum absolute atomic E-state index is 0.230. The van der Waals surface area contributed by atoms with Gasteiger partial charge in [-0.3, -0.25) is 0 Å². The highest BCUT2D eigenvalue weighted by Crippen LogP contribution is 2.33. The van der Waals surface area contributed by atoms with Crippen LogP contribution in [0, 0.1) is 25.2 Å². The van der Waals surface area contributed by atoms with E-state index in [1.54, 1.807) is 48.7 Å². The van der Waals surface area contributed by atoms with Crippen LogP contribution in [0.25, 0.3) is 28.0 Å². The number of ether oxygens (including phenoxy) is 1. The summed E-state index contributed by atoms with van der Waals surface area (Å²) >= 11 is 0. The smallest absolute Gasteiger partial charge is 0.268 e. The summed E-state index contributed by atoms with van der Waals surface area (Å²) in [4.78, 5) is 5.17. The molecule has 3 aromatic carbocycles. The lowest BCUT2D eigenvalue weighted by Gasteiger charge is -2.17. The average molecular weight is 597 g/mol. The first-order chi connectivity index (χ1) is 19.9. The summed E-state index contributed by atoms with van der Waals surface area (Å²) in [6.45, 7) is 15.9. The standard InChI is InChI=1S/C33H36N4O3SSi/c1-7-26-18-24(3)29(28-14-15-37(33(26)28)41(38,39)27-11-8-23(2)9-12-27)20-32-35-30-19-25(21-34)10-13-31(30)36(32)22-40-16-17-42(4,5)6/h7-15,18-19H,1,16-17,20,22H2,2-6H3. The number of rotatable bonds is 10. The number of imidazole rings is 1. The summed E-state index contributed by atoms with van der Waals surface area (Å²) in [5, 5.41) is 10.3. The van der Waals surface area contributed by atoms with Crippen LogP contribution >= 0.6 is 0 Å². The Morgan fingerprint density at radius 3 is 2.48 bits per heavy atom. The number of aryl methyl sites for hydroxylation is 2. The van der Waals surface area contributed by atoms with Crippen molar-refractivity contribution in [3.8, 4) is 6.07 Å². The van der Waals surface area contributed by atoms with Crippen molar-refractivity contribution in [2.45, 2.75) is 57.6 Å². The van der Waals surface area contributed by atoms with Crippen LogP contribution in [0.2, 0.25) is 25.7 Å². The Labute approximate surface area is 248 Å². The van der Waals surface area contributed by atoms with Gasteiger partial charge in [0, 0.05) is 32.7 Å². The molecule has 0 aliphatic heterocycles.